The van der Waals surface area contributed by atoms with Crippen molar-refractivity contribution < 1.29 is 19.5 Å². The highest BCUT2D eigenvalue weighted by molar-refractivity contribution is 5.80. The van der Waals surface area contributed by atoms with Gasteiger partial charge in [0.2, 0.25) is 5.91 Å². The predicted octanol–water partition coefficient (Wildman–Crippen LogP) is 0.489. The van der Waals surface area contributed by atoms with Crippen LogP contribution in [0.4, 0.5) is 4.79 Å². The summed E-state index contributed by atoms with van der Waals surface area (Å²) in [6.45, 7) is 3.41. The van der Waals surface area contributed by atoms with Crippen molar-refractivity contribution in [2.75, 3.05) is 19.6 Å². The van der Waals surface area contributed by atoms with Crippen LogP contribution in [-0.4, -0.2) is 58.5 Å². The smallest absolute Gasteiger partial charge is 0.320 e. The third-order valence-corrected chi connectivity index (χ3v) is 4.55. The van der Waals surface area contributed by atoms with E-state index in [2.05, 4.69) is 0 Å². The molecule has 21 heavy (non-hydrogen) atoms. The highest BCUT2D eigenvalue weighted by atomic mass is 16.4. The summed E-state index contributed by atoms with van der Waals surface area (Å²) in [4.78, 5) is 38.0. The molecule has 3 atom stereocenters. The summed E-state index contributed by atoms with van der Waals surface area (Å²) in [5.74, 6) is -1.43. The lowest BCUT2D eigenvalue weighted by molar-refractivity contribution is -0.138. The predicted molar refractivity (Wildman–Crippen MR) is 75.4 cm³/mol. The Bertz CT molecular complexity index is 440. The second kappa shape index (κ2) is 6.32. The summed E-state index contributed by atoms with van der Waals surface area (Å²) in [5.41, 5.74) is 5.35. The number of carboxylic acids is 1. The fourth-order valence-electron chi connectivity index (χ4n) is 3.21. The maximum Gasteiger partial charge on any atom is 0.320 e. The van der Waals surface area contributed by atoms with Crippen LogP contribution >= 0.6 is 0 Å². The number of amides is 3. The van der Waals surface area contributed by atoms with Crippen molar-refractivity contribution in [1.82, 2.24) is 9.80 Å². The molecule has 0 radical (unpaired) electrons. The quantitative estimate of drug-likeness (QED) is 0.791. The maximum absolute atomic E-state index is 12.6. The third-order valence-electron chi connectivity index (χ3n) is 4.55. The lowest BCUT2D eigenvalue weighted by atomic mass is 9.93. The molecule has 0 spiro atoms. The summed E-state index contributed by atoms with van der Waals surface area (Å²) in [6.07, 6.45) is 2.32. The molecular weight excluding hydrogens is 274 g/mol. The summed E-state index contributed by atoms with van der Waals surface area (Å²) in [6, 6.07) is -0.00652. The molecule has 2 fully saturated rings. The molecule has 118 valence electrons. The van der Waals surface area contributed by atoms with E-state index in [1.165, 1.54) is 0 Å². The maximum atomic E-state index is 12.6. The van der Waals surface area contributed by atoms with Gasteiger partial charge in [0.1, 0.15) is 0 Å². The molecule has 0 aromatic heterocycles. The first kappa shape index (κ1) is 15.6. The van der Waals surface area contributed by atoms with Crippen molar-refractivity contribution in [1.29, 1.82) is 0 Å². The molecule has 7 nitrogen and oxygen atoms in total. The molecule has 2 heterocycles. The molecule has 0 aromatic rings. The van der Waals surface area contributed by atoms with Crippen LogP contribution in [0, 0.1) is 11.8 Å². The van der Waals surface area contributed by atoms with E-state index in [4.69, 9.17) is 10.8 Å². The van der Waals surface area contributed by atoms with Crippen LogP contribution < -0.4 is 5.73 Å². The molecule has 0 bridgehead atoms. The topological polar surface area (TPSA) is 104 Å². The van der Waals surface area contributed by atoms with Crippen LogP contribution in [-0.2, 0) is 9.59 Å². The Morgan fingerprint density at radius 2 is 1.90 bits per heavy atom. The van der Waals surface area contributed by atoms with E-state index in [-0.39, 0.29) is 36.2 Å². The molecule has 2 aliphatic heterocycles. The highest BCUT2D eigenvalue weighted by Crippen LogP contribution is 2.26. The molecule has 3 unspecified atom stereocenters. The van der Waals surface area contributed by atoms with E-state index in [1.54, 1.807) is 9.80 Å². The SMILES string of the molecule is CC1CCC(C(N)=O)CN1C(=O)N1CCC(CC(=O)O)C1. The fraction of sp³-hybridized carbons (Fsp3) is 0.786. The molecule has 3 amide bonds. The van der Waals surface area contributed by atoms with E-state index in [1.807, 2.05) is 6.92 Å². The van der Waals surface area contributed by atoms with Gasteiger partial charge in [-0.2, -0.15) is 0 Å². The van der Waals surface area contributed by atoms with Crippen molar-refractivity contribution in [3.63, 3.8) is 0 Å². The molecule has 0 aliphatic carbocycles. The van der Waals surface area contributed by atoms with Gasteiger partial charge in [-0.05, 0) is 32.1 Å². The van der Waals surface area contributed by atoms with Gasteiger partial charge in [-0.1, -0.05) is 0 Å². The highest BCUT2D eigenvalue weighted by Gasteiger charge is 2.36. The van der Waals surface area contributed by atoms with E-state index < -0.39 is 5.97 Å². The van der Waals surface area contributed by atoms with E-state index >= 15 is 0 Å². The van der Waals surface area contributed by atoms with Gasteiger partial charge in [-0.15, -0.1) is 0 Å². The second-order valence-electron chi connectivity index (χ2n) is 6.16. The van der Waals surface area contributed by atoms with Crippen LogP contribution in [0.25, 0.3) is 0 Å². The largest absolute Gasteiger partial charge is 0.481 e. The number of piperidine rings is 1. The molecule has 0 aromatic carbocycles. The minimum Gasteiger partial charge on any atom is -0.481 e. The van der Waals surface area contributed by atoms with Gasteiger partial charge in [0.05, 0.1) is 5.92 Å². The molecule has 3 N–H and O–H groups in total. The average molecular weight is 297 g/mol. The molecular formula is C14H23N3O4. The van der Waals surface area contributed by atoms with Gasteiger partial charge in [0.25, 0.3) is 0 Å². The number of aliphatic carboxylic acids is 1. The molecule has 2 aliphatic rings. The minimum absolute atomic E-state index is 0.0264. The zero-order valence-corrected chi connectivity index (χ0v) is 12.3. The molecule has 2 saturated heterocycles. The van der Waals surface area contributed by atoms with Crippen molar-refractivity contribution in [3.8, 4) is 0 Å². The van der Waals surface area contributed by atoms with Gasteiger partial charge >= 0.3 is 12.0 Å². The zero-order chi connectivity index (χ0) is 15.6. The number of carbonyl (C=O) groups excluding carboxylic acids is 2. The average Bonchev–Trinajstić information content (AvgIpc) is 2.85. The number of rotatable bonds is 3. The summed E-state index contributed by atoms with van der Waals surface area (Å²) >= 11 is 0. The number of carbonyl (C=O) groups is 3. The van der Waals surface area contributed by atoms with E-state index in [0.717, 1.165) is 19.3 Å². The first-order chi connectivity index (χ1) is 9.88. The van der Waals surface area contributed by atoms with Crippen molar-refractivity contribution >= 4 is 17.9 Å². The van der Waals surface area contributed by atoms with Crippen molar-refractivity contribution in [2.45, 2.75) is 38.6 Å². The number of carboxylic acid groups (broad SMARTS) is 1. The first-order valence-electron chi connectivity index (χ1n) is 7.45. The van der Waals surface area contributed by atoms with Gasteiger partial charge in [-0.25, -0.2) is 4.79 Å². The van der Waals surface area contributed by atoms with Crippen molar-refractivity contribution in [2.24, 2.45) is 17.6 Å². The third kappa shape index (κ3) is 3.65. The number of likely N-dealkylation sites (tertiary alicyclic amines) is 2. The second-order valence-corrected chi connectivity index (χ2v) is 6.16. The normalized spacial score (nSPS) is 29.5. The van der Waals surface area contributed by atoms with Gasteiger partial charge in [0.15, 0.2) is 0 Å². The number of hydrogen-bond acceptors (Lipinski definition) is 3. The van der Waals surface area contributed by atoms with Gasteiger partial charge < -0.3 is 20.6 Å². The van der Waals surface area contributed by atoms with Crippen LogP contribution in [0.1, 0.15) is 32.6 Å². The number of nitrogens with zero attached hydrogens (tertiary/aromatic N) is 2. The van der Waals surface area contributed by atoms with Gasteiger partial charge in [0, 0.05) is 32.1 Å². The Kier molecular flexibility index (Phi) is 4.69. The van der Waals surface area contributed by atoms with E-state index in [9.17, 15) is 14.4 Å². The molecule has 2 rings (SSSR count). The summed E-state index contributed by atoms with van der Waals surface area (Å²) < 4.78 is 0. The first-order valence-corrected chi connectivity index (χ1v) is 7.45. The molecule has 0 saturated carbocycles. The number of hydrogen-bond donors (Lipinski definition) is 2. The summed E-state index contributed by atoms with van der Waals surface area (Å²) in [7, 11) is 0. The Hall–Kier alpha value is -1.79. The monoisotopic (exact) mass is 297 g/mol. The Morgan fingerprint density at radius 1 is 1.19 bits per heavy atom. The lowest BCUT2D eigenvalue weighted by Gasteiger charge is -2.39. The van der Waals surface area contributed by atoms with Crippen LogP contribution in [0.2, 0.25) is 0 Å². The Morgan fingerprint density at radius 3 is 2.52 bits per heavy atom. The van der Waals surface area contributed by atoms with Gasteiger partial charge in [-0.3, -0.25) is 9.59 Å². The van der Waals surface area contributed by atoms with Crippen LogP contribution in [0.5, 0.6) is 0 Å². The lowest BCUT2D eigenvalue weighted by Crippen LogP contribution is -2.52. The zero-order valence-electron chi connectivity index (χ0n) is 12.3. The number of nitrogens with two attached hydrogens (primary N) is 1. The van der Waals surface area contributed by atoms with Crippen LogP contribution in [0.3, 0.4) is 0 Å². The fourth-order valence-corrected chi connectivity index (χ4v) is 3.21. The minimum atomic E-state index is -0.825. The van der Waals surface area contributed by atoms with Crippen molar-refractivity contribution in [3.05, 3.63) is 0 Å². The Labute approximate surface area is 124 Å². The molecule has 7 heteroatoms. The standard InChI is InChI=1S/C14H23N3O4/c1-9-2-3-11(13(15)20)8-17(9)14(21)16-5-4-10(7-16)6-12(18)19/h9-11H,2-8H2,1H3,(H2,15,20)(H,18,19). The number of urea groups is 1. The van der Waals surface area contributed by atoms with E-state index in [0.29, 0.717) is 19.6 Å². The summed E-state index contributed by atoms with van der Waals surface area (Å²) in [5, 5.41) is 8.82. The van der Waals surface area contributed by atoms with Crippen LogP contribution in [0.15, 0.2) is 0 Å². The number of primary amides is 1. The Balaban J connectivity index is 1.95.